The Labute approximate surface area is 461 Å². The number of fused-ring (bicyclic) bond motifs is 5. The summed E-state index contributed by atoms with van der Waals surface area (Å²) in [5, 5.41) is 2.90. The Hall–Kier alpha value is -3.64. The summed E-state index contributed by atoms with van der Waals surface area (Å²) < 4.78 is 54.2. The van der Waals surface area contributed by atoms with Gasteiger partial charge in [0.05, 0.1) is 34.6 Å². The molecule has 2 aromatic carbocycles. The first-order chi connectivity index (χ1) is 35.7. The first-order valence-corrected chi connectivity index (χ1v) is 34.9. The van der Waals surface area contributed by atoms with Crippen LogP contribution in [0.4, 0.5) is 8.78 Å². The third kappa shape index (κ3) is 9.57. The van der Waals surface area contributed by atoms with Crippen LogP contribution in [0.2, 0.25) is 11.6 Å². The third-order valence-electron chi connectivity index (χ3n) is 15.3. The first-order valence-electron chi connectivity index (χ1n) is 26.2. The van der Waals surface area contributed by atoms with Crippen LogP contribution in [-0.2, 0) is 6.42 Å². The second-order valence-electron chi connectivity index (χ2n) is 19.8. The smallest absolute Gasteiger partial charge is 0.134 e. The monoisotopic (exact) mass is 1130 g/mol. The second kappa shape index (κ2) is 22.1. The zero-order valence-electron chi connectivity index (χ0n) is 42.3. The molecule has 0 aliphatic carbocycles. The van der Waals surface area contributed by atoms with E-state index in [2.05, 4.69) is 102 Å². The maximum Gasteiger partial charge on any atom is 0.134 e. The standard InChI is InChI=1S/C58H60F2N4S8Si/c1-7-12-15-16-18-35-21-23-44(66-35)46-27-25-42(68-46)38-29-40(60)52(56-54(38)62-72-64-56)48-31-50-58(70-48)57-49(73(50,36(11-5)19-14-9-3)32-34(10-4)17-13-8-2)30-47(69-57)51-39(59)28-37(53-55(51)63-71-61-53)41-24-26-45(67-41)43-22-20-33(6)65-43/h20-31,34,36H,7-19,32H2,1-6H3/t34?,36?,73-/m0/s1. The van der Waals surface area contributed by atoms with Crippen LogP contribution >= 0.6 is 91.5 Å². The largest absolute Gasteiger partial charge is 0.206 e. The summed E-state index contributed by atoms with van der Waals surface area (Å²) in [6, 6.07) is 26.8. The minimum absolute atomic E-state index is 0.258. The van der Waals surface area contributed by atoms with E-state index in [1.165, 1.54) is 106 Å². The van der Waals surface area contributed by atoms with Crippen molar-refractivity contribution in [1.82, 2.24) is 17.5 Å². The van der Waals surface area contributed by atoms with Crippen molar-refractivity contribution < 1.29 is 8.78 Å². The van der Waals surface area contributed by atoms with Crippen LogP contribution in [0.15, 0.2) is 72.8 Å². The number of hydrogen-bond acceptors (Lipinski definition) is 12. The van der Waals surface area contributed by atoms with Gasteiger partial charge in [-0.1, -0.05) is 105 Å². The summed E-state index contributed by atoms with van der Waals surface area (Å²) in [5.74, 6) is 0.0335. The Morgan fingerprint density at radius 2 is 0.986 bits per heavy atom. The molecule has 0 radical (unpaired) electrons. The molecule has 4 nitrogen and oxygen atoms in total. The van der Waals surface area contributed by atoms with Gasteiger partial charge in [-0.25, -0.2) is 8.78 Å². The topological polar surface area (TPSA) is 51.6 Å². The Balaban J connectivity index is 1.03. The van der Waals surface area contributed by atoms with E-state index in [1.54, 1.807) is 68.8 Å². The van der Waals surface area contributed by atoms with E-state index in [9.17, 15) is 0 Å². The molecule has 1 aliphatic rings. The number of thiophene rings is 6. The molecule has 8 aromatic heterocycles. The molecule has 0 amide bonds. The predicted octanol–water partition coefficient (Wildman–Crippen LogP) is 20.5. The highest BCUT2D eigenvalue weighted by molar-refractivity contribution is 7.32. The second-order valence-corrected chi connectivity index (χ2v) is 31.9. The van der Waals surface area contributed by atoms with E-state index in [0.29, 0.717) is 33.6 Å². The molecule has 378 valence electrons. The summed E-state index contributed by atoms with van der Waals surface area (Å²) >= 11 is 12.8. The number of benzene rings is 2. The van der Waals surface area contributed by atoms with Crippen molar-refractivity contribution in [2.24, 2.45) is 5.92 Å². The summed E-state index contributed by atoms with van der Waals surface area (Å²) in [6.07, 6.45) is 15.3. The number of nitrogens with zero attached hydrogens (tertiary/aromatic N) is 4. The average Bonchev–Trinajstić information content (AvgIpc) is 4.24. The predicted molar refractivity (Wildman–Crippen MR) is 323 cm³/mol. The van der Waals surface area contributed by atoms with Crippen molar-refractivity contribution in [2.75, 3.05) is 0 Å². The molecule has 73 heavy (non-hydrogen) atoms. The van der Waals surface area contributed by atoms with Gasteiger partial charge in [0.2, 0.25) is 0 Å². The minimum Gasteiger partial charge on any atom is -0.206 e. The fourth-order valence-electron chi connectivity index (χ4n) is 11.5. The number of halogens is 2. The highest BCUT2D eigenvalue weighted by atomic mass is 32.1. The van der Waals surface area contributed by atoms with Gasteiger partial charge < -0.3 is 0 Å². The number of aryl methyl sites for hydroxylation is 2. The summed E-state index contributed by atoms with van der Waals surface area (Å²) in [5.41, 5.74) is 5.95. The lowest BCUT2D eigenvalue weighted by molar-refractivity contribution is 0.482. The fraction of sp³-hybridized carbons (Fsp3) is 0.379. The molecule has 11 rings (SSSR count). The van der Waals surface area contributed by atoms with Crippen molar-refractivity contribution in [2.45, 2.75) is 137 Å². The SMILES string of the molecule is CCCCCCc1ccc(-c2ccc(-c3cc(F)c(-c4cc5c(s4)-c4sc(-c6c(F)cc(-c7ccc(-c8ccc(C)s8)s7)c7nsnc67)cc4[Si@]5(CC(CC)CCCC)C(CC)CCCC)c4nsnc34)s2)s1. The summed E-state index contributed by atoms with van der Waals surface area (Å²) in [6.45, 7) is 13.8. The van der Waals surface area contributed by atoms with Gasteiger partial charge in [0, 0.05) is 69.7 Å². The zero-order valence-corrected chi connectivity index (χ0v) is 49.8. The van der Waals surface area contributed by atoms with Crippen molar-refractivity contribution in [3.8, 4) is 71.0 Å². The van der Waals surface area contributed by atoms with E-state index in [1.807, 2.05) is 11.3 Å². The number of unbranched alkanes of at least 4 members (excludes halogenated alkanes) is 5. The van der Waals surface area contributed by atoms with E-state index < -0.39 is 8.07 Å². The molecule has 0 fully saturated rings. The normalized spacial score (nSPS) is 15.3. The van der Waals surface area contributed by atoms with Gasteiger partial charge in [0.1, 0.15) is 41.8 Å². The maximum atomic E-state index is 17.4. The third-order valence-corrected chi connectivity index (χ3v) is 29.9. The number of hydrogen-bond donors (Lipinski definition) is 0. The minimum atomic E-state index is -2.62. The van der Waals surface area contributed by atoms with Crippen LogP contribution in [0.25, 0.3) is 93.1 Å². The molecule has 9 heterocycles. The van der Waals surface area contributed by atoms with Crippen LogP contribution in [0.5, 0.6) is 0 Å². The molecular formula is C58H60F2N4S8Si. The number of aromatic nitrogens is 4. The van der Waals surface area contributed by atoms with Crippen LogP contribution in [0.1, 0.15) is 121 Å². The van der Waals surface area contributed by atoms with Crippen LogP contribution in [0, 0.1) is 24.5 Å². The molecule has 0 saturated heterocycles. The molecular weight excluding hydrogens is 1080 g/mol. The first kappa shape index (κ1) is 51.5. The molecule has 0 bridgehead atoms. The molecule has 10 aromatic rings. The molecule has 0 spiro atoms. The maximum absolute atomic E-state index is 17.4. The highest BCUT2D eigenvalue weighted by Gasteiger charge is 2.53. The van der Waals surface area contributed by atoms with E-state index in [-0.39, 0.29) is 11.6 Å². The lowest BCUT2D eigenvalue weighted by atomic mass is 10.0. The van der Waals surface area contributed by atoms with Gasteiger partial charge in [-0.3, -0.25) is 0 Å². The Bertz CT molecular complexity index is 3540. The van der Waals surface area contributed by atoms with Gasteiger partial charge in [-0.05, 0) is 120 Å². The summed E-state index contributed by atoms with van der Waals surface area (Å²) in [7, 11) is -2.62. The van der Waals surface area contributed by atoms with Crippen molar-refractivity contribution >= 4 is 132 Å². The molecule has 1 aliphatic heterocycles. The number of rotatable bonds is 22. The highest BCUT2D eigenvalue weighted by Crippen LogP contribution is 2.54. The van der Waals surface area contributed by atoms with E-state index in [4.69, 9.17) is 17.5 Å². The Morgan fingerprint density at radius 1 is 0.479 bits per heavy atom. The zero-order chi connectivity index (χ0) is 50.4. The molecule has 15 heteroatoms. The van der Waals surface area contributed by atoms with Gasteiger partial charge in [-0.2, -0.15) is 17.5 Å². The van der Waals surface area contributed by atoms with Crippen molar-refractivity contribution in [3.05, 3.63) is 94.2 Å². The molecule has 0 N–H and O–H groups in total. The Morgan fingerprint density at radius 3 is 1.52 bits per heavy atom. The molecule has 3 atom stereocenters. The molecule has 0 saturated carbocycles. The Kier molecular flexibility index (Phi) is 15.6. The quantitative estimate of drug-likeness (QED) is 0.0501. The van der Waals surface area contributed by atoms with Gasteiger partial charge >= 0.3 is 0 Å². The van der Waals surface area contributed by atoms with Crippen LogP contribution < -0.4 is 10.4 Å². The van der Waals surface area contributed by atoms with E-state index in [0.717, 1.165) is 98.0 Å². The van der Waals surface area contributed by atoms with Crippen molar-refractivity contribution in [1.29, 1.82) is 0 Å². The lowest BCUT2D eigenvalue weighted by Gasteiger charge is -2.39. The van der Waals surface area contributed by atoms with Crippen LogP contribution in [0.3, 0.4) is 0 Å². The van der Waals surface area contributed by atoms with Crippen molar-refractivity contribution in [3.63, 3.8) is 0 Å². The van der Waals surface area contributed by atoms with Gasteiger partial charge in [-0.15, -0.1) is 68.0 Å². The van der Waals surface area contributed by atoms with Gasteiger partial charge in [0.25, 0.3) is 0 Å². The summed E-state index contributed by atoms with van der Waals surface area (Å²) in [4.78, 5) is 13.9. The molecule has 2 unspecified atom stereocenters. The average molecular weight is 1140 g/mol. The van der Waals surface area contributed by atoms with Gasteiger partial charge in [0.15, 0.2) is 0 Å². The fourth-order valence-corrected chi connectivity index (χ4v) is 27.5. The van der Waals surface area contributed by atoms with Crippen LogP contribution in [-0.4, -0.2) is 25.6 Å². The lowest BCUT2D eigenvalue weighted by Crippen LogP contribution is -2.59. The van der Waals surface area contributed by atoms with E-state index >= 15 is 8.78 Å².